The molecule has 1 saturated heterocycles. The molecule has 1 aliphatic rings. The van der Waals surface area contributed by atoms with Crippen LogP contribution >= 0.6 is 0 Å². The van der Waals surface area contributed by atoms with E-state index in [1.165, 1.54) is 12.1 Å². The van der Waals surface area contributed by atoms with Crippen LogP contribution in [0, 0.1) is 17.6 Å². The lowest BCUT2D eigenvalue weighted by atomic mass is 10.1. The molecular formula is C17H26F2N2O. The molecule has 0 bridgehead atoms. The first-order valence-corrected chi connectivity index (χ1v) is 8.00. The minimum absolute atomic E-state index is 0.147. The standard InChI is InChI=1S/C17H26F2N2O/c1-13(2)10-20-6-7-21(15(12-20)5-8-22)11-14-3-4-16(18)17(19)9-14/h3-4,9,13,15,22H,5-8,10-12H2,1-2H3. The second-order valence-corrected chi connectivity index (χ2v) is 6.54. The highest BCUT2D eigenvalue weighted by molar-refractivity contribution is 5.18. The molecule has 1 unspecified atom stereocenters. The minimum atomic E-state index is -0.808. The lowest BCUT2D eigenvalue weighted by Crippen LogP contribution is -2.53. The van der Waals surface area contributed by atoms with Crippen molar-refractivity contribution in [1.82, 2.24) is 9.80 Å². The Balaban J connectivity index is 2.00. The quantitative estimate of drug-likeness (QED) is 0.874. The number of aliphatic hydroxyl groups is 1. The molecule has 1 fully saturated rings. The number of piperazine rings is 1. The van der Waals surface area contributed by atoms with Gasteiger partial charge in [0.25, 0.3) is 0 Å². The van der Waals surface area contributed by atoms with Gasteiger partial charge < -0.3 is 10.0 Å². The summed E-state index contributed by atoms with van der Waals surface area (Å²) in [6.45, 7) is 8.98. The number of rotatable bonds is 6. The van der Waals surface area contributed by atoms with Gasteiger partial charge in [0.2, 0.25) is 0 Å². The Morgan fingerprint density at radius 3 is 2.64 bits per heavy atom. The van der Waals surface area contributed by atoms with Gasteiger partial charge in [0.05, 0.1) is 0 Å². The number of benzene rings is 1. The van der Waals surface area contributed by atoms with E-state index in [1.807, 2.05) is 0 Å². The number of halogens is 2. The largest absolute Gasteiger partial charge is 0.396 e. The van der Waals surface area contributed by atoms with Crippen molar-refractivity contribution in [3.8, 4) is 0 Å². The highest BCUT2D eigenvalue weighted by Crippen LogP contribution is 2.18. The van der Waals surface area contributed by atoms with Crippen LogP contribution in [0.4, 0.5) is 8.78 Å². The van der Waals surface area contributed by atoms with Crippen molar-refractivity contribution in [1.29, 1.82) is 0 Å². The molecule has 1 aliphatic heterocycles. The van der Waals surface area contributed by atoms with Crippen molar-refractivity contribution in [3.63, 3.8) is 0 Å². The molecule has 1 N–H and O–H groups in total. The van der Waals surface area contributed by atoms with E-state index >= 15 is 0 Å². The van der Waals surface area contributed by atoms with Crippen molar-refractivity contribution in [2.45, 2.75) is 32.9 Å². The minimum Gasteiger partial charge on any atom is -0.396 e. The summed E-state index contributed by atoms with van der Waals surface area (Å²) in [6, 6.07) is 4.34. The fourth-order valence-corrected chi connectivity index (χ4v) is 3.14. The van der Waals surface area contributed by atoms with E-state index in [2.05, 4.69) is 23.6 Å². The average molecular weight is 312 g/mol. The molecule has 1 aromatic carbocycles. The zero-order chi connectivity index (χ0) is 16.1. The Morgan fingerprint density at radius 2 is 2.00 bits per heavy atom. The Morgan fingerprint density at radius 1 is 1.23 bits per heavy atom. The molecule has 5 heteroatoms. The maximum Gasteiger partial charge on any atom is 0.159 e. The van der Waals surface area contributed by atoms with Gasteiger partial charge in [-0.3, -0.25) is 4.90 Å². The van der Waals surface area contributed by atoms with Gasteiger partial charge in [-0.25, -0.2) is 8.78 Å². The van der Waals surface area contributed by atoms with Gasteiger partial charge in [-0.15, -0.1) is 0 Å². The van der Waals surface area contributed by atoms with Crippen LogP contribution in [-0.4, -0.2) is 53.7 Å². The zero-order valence-corrected chi connectivity index (χ0v) is 13.4. The van der Waals surface area contributed by atoms with Crippen LogP contribution in [0.15, 0.2) is 18.2 Å². The number of hydrogen-bond donors (Lipinski definition) is 1. The van der Waals surface area contributed by atoms with E-state index in [9.17, 15) is 13.9 Å². The summed E-state index contributed by atoms with van der Waals surface area (Å²) in [6.07, 6.45) is 0.707. The summed E-state index contributed by atoms with van der Waals surface area (Å²) in [5, 5.41) is 9.30. The van der Waals surface area contributed by atoms with E-state index in [0.29, 0.717) is 18.9 Å². The number of aliphatic hydroxyl groups excluding tert-OH is 1. The number of nitrogens with zero attached hydrogens (tertiary/aromatic N) is 2. The Labute approximate surface area is 131 Å². The zero-order valence-electron chi connectivity index (χ0n) is 13.4. The Kier molecular flexibility index (Phi) is 6.29. The highest BCUT2D eigenvalue weighted by Gasteiger charge is 2.26. The molecule has 0 saturated carbocycles. The fraction of sp³-hybridized carbons (Fsp3) is 0.647. The second kappa shape index (κ2) is 7.99. The van der Waals surface area contributed by atoms with Gasteiger partial charge in [0, 0.05) is 45.4 Å². The van der Waals surface area contributed by atoms with Crippen molar-refractivity contribution in [2.24, 2.45) is 5.92 Å². The SMILES string of the molecule is CC(C)CN1CCN(Cc2ccc(F)c(F)c2)C(CCO)C1. The smallest absolute Gasteiger partial charge is 0.159 e. The van der Waals surface area contributed by atoms with Crippen molar-refractivity contribution in [3.05, 3.63) is 35.4 Å². The maximum absolute atomic E-state index is 13.3. The predicted octanol–water partition coefficient (Wildman–Crippen LogP) is 2.49. The third-order valence-corrected chi connectivity index (χ3v) is 4.14. The van der Waals surface area contributed by atoms with Crippen LogP contribution in [0.1, 0.15) is 25.8 Å². The molecule has 22 heavy (non-hydrogen) atoms. The molecule has 1 atom stereocenters. The third kappa shape index (κ3) is 4.73. The highest BCUT2D eigenvalue weighted by atomic mass is 19.2. The monoisotopic (exact) mass is 312 g/mol. The van der Waals surface area contributed by atoms with Gasteiger partial charge in [0.15, 0.2) is 11.6 Å². The molecular weight excluding hydrogens is 286 g/mol. The molecule has 1 aromatic rings. The normalized spacial score (nSPS) is 20.7. The van der Waals surface area contributed by atoms with Gasteiger partial charge in [0.1, 0.15) is 0 Å². The molecule has 0 radical (unpaired) electrons. The maximum atomic E-state index is 13.3. The van der Waals surface area contributed by atoms with E-state index < -0.39 is 11.6 Å². The molecule has 124 valence electrons. The predicted molar refractivity (Wildman–Crippen MR) is 83.5 cm³/mol. The topological polar surface area (TPSA) is 26.7 Å². The van der Waals surface area contributed by atoms with Gasteiger partial charge in [-0.1, -0.05) is 19.9 Å². The van der Waals surface area contributed by atoms with Crippen LogP contribution in [-0.2, 0) is 6.54 Å². The molecule has 0 spiro atoms. The third-order valence-electron chi connectivity index (χ3n) is 4.14. The van der Waals surface area contributed by atoms with E-state index in [1.54, 1.807) is 6.07 Å². The van der Waals surface area contributed by atoms with Crippen molar-refractivity contribution >= 4 is 0 Å². The second-order valence-electron chi connectivity index (χ2n) is 6.54. The van der Waals surface area contributed by atoms with E-state index in [-0.39, 0.29) is 12.6 Å². The Hall–Kier alpha value is -1.04. The van der Waals surface area contributed by atoms with Gasteiger partial charge in [-0.05, 0) is 30.0 Å². The van der Waals surface area contributed by atoms with Crippen LogP contribution in [0.2, 0.25) is 0 Å². The number of hydrogen-bond acceptors (Lipinski definition) is 3. The molecule has 0 aromatic heterocycles. The van der Waals surface area contributed by atoms with Gasteiger partial charge >= 0.3 is 0 Å². The summed E-state index contributed by atoms with van der Waals surface area (Å²) in [5.41, 5.74) is 0.777. The summed E-state index contributed by atoms with van der Waals surface area (Å²) in [4.78, 5) is 4.69. The first-order chi connectivity index (χ1) is 10.5. The van der Waals surface area contributed by atoms with E-state index in [0.717, 1.165) is 31.7 Å². The van der Waals surface area contributed by atoms with Gasteiger partial charge in [-0.2, -0.15) is 0 Å². The van der Waals surface area contributed by atoms with Crippen LogP contribution in [0.25, 0.3) is 0 Å². The average Bonchev–Trinajstić information content (AvgIpc) is 2.45. The summed E-state index contributed by atoms with van der Waals surface area (Å²) in [5.74, 6) is -0.986. The molecule has 1 heterocycles. The summed E-state index contributed by atoms with van der Waals surface area (Å²) in [7, 11) is 0. The molecule has 3 nitrogen and oxygen atoms in total. The first kappa shape index (κ1) is 17.3. The summed E-state index contributed by atoms with van der Waals surface area (Å²) < 4.78 is 26.4. The van der Waals surface area contributed by atoms with Crippen molar-refractivity contribution < 1.29 is 13.9 Å². The summed E-state index contributed by atoms with van der Waals surface area (Å²) >= 11 is 0. The van der Waals surface area contributed by atoms with Crippen molar-refractivity contribution in [2.75, 3.05) is 32.8 Å². The van der Waals surface area contributed by atoms with Crippen LogP contribution in [0.5, 0.6) is 0 Å². The molecule has 2 rings (SSSR count). The molecule has 0 aliphatic carbocycles. The molecule has 0 amide bonds. The lowest BCUT2D eigenvalue weighted by molar-refractivity contribution is 0.0483. The first-order valence-electron chi connectivity index (χ1n) is 8.00. The fourth-order valence-electron chi connectivity index (χ4n) is 3.14. The van der Waals surface area contributed by atoms with E-state index in [4.69, 9.17) is 0 Å². The lowest BCUT2D eigenvalue weighted by Gasteiger charge is -2.42. The van der Waals surface area contributed by atoms with Crippen LogP contribution < -0.4 is 0 Å². The van der Waals surface area contributed by atoms with Crippen LogP contribution in [0.3, 0.4) is 0 Å². The Bertz CT molecular complexity index is 482.